The molecule has 0 bridgehead atoms. The van der Waals surface area contributed by atoms with Gasteiger partial charge in [-0.25, -0.2) is 4.79 Å². The third-order valence-corrected chi connectivity index (χ3v) is 3.68. The van der Waals surface area contributed by atoms with Crippen molar-refractivity contribution in [2.45, 2.75) is 13.1 Å². The van der Waals surface area contributed by atoms with Crippen LogP contribution in [0.1, 0.15) is 21.5 Å². The van der Waals surface area contributed by atoms with E-state index in [9.17, 15) is 4.79 Å². The van der Waals surface area contributed by atoms with Crippen molar-refractivity contribution in [1.82, 2.24) is 4.57 Å². The first-order valence-corrected chi connectivity index (χ1v) is 6.78. The van der Waals surface area contributed by atoms with E-state index in [2.05, 4.69) is 16.7 Å². The van der Waals surface area contributed by atoms with Crippen LogP contribution in [-0.2, 0) is 13.1 Å². The van der Waals surface area contributed by atoms with Crippen molar-refractivity contribution >= 4 is 16.9 Å². The molecule has 0 saturated carbocycles. The molecule has 0 aliphatic rings. The molecule has 0 fully saturated rings. The fourth-order valence-electron chi connectivity index (χ4n) is 2.55. The smallest absolute Gasteiger partial charge is 0.335 e. The maximum atomic E-state index is 10.9. The van der Waals surface area contributed by atoms with E-state index >= 15 is 0 Å². The van der Waals surface area contributed by atoms with Gasteiger partial charge in [0.15, 0.2) is 0 Å². The van der Waals surface area contributed by atoms with Gasteiger partial charge < -0.3 is 15.4 Å². The number of rotatable bonds is 4. The van der Waals surface area contributed by atoms with Crippen molar-refractivity contribution in [2.24, 2.45) is 5.73 Å². The Morgan fingerprint density at radius 1 is 1.10 bits per heavy atom. The van der Waals surface area contributed by atoms with E-state index in [1.807, 2.05) is 30.5 Å². The topological polar surface area (TPSA) is 68.2 Å². The lowest BCUT2D eigenvalue weighted by Crippen LogP contribution is -2.01. The Labute approximate surface area is 122 Å². The Bertz CT molecular complexity index is 788. The number of carboxylic acid groups (broad SMARTS) is 1. The minimum Gasteiger partial charge on any atom is -0.478 e. The van der Waals surface area contributed by atoms with Gasteiger partial charge in [0.25, 0.3) is 0 Å². The van der Waals surface area contributed by atoms with Gasteiger partial charge in [0.05, 0.1) is 5.56 Å². The molecule has 0 spiro atoms. The molecule has 21 heavy (non-hydrogen) atoms. The van der Waals surface area contributed by atoms with Crippen molar-refractivity contribution in [2.75, 3.05) is 0 Å². The molecule has 106 valence electrons. The van der Waals surface area contributed by atoms with Crippen molar-refractivity contribution in [3.05, 3.63) is 71.4 Å². The van der Waals surface area contributed by atoms with Gasteiger partial charge in [-0.3, -0.25) is 0 Å². The summed E-state index contributed by atoms with van der Waals surface area (Å²) in [6, 6.07) is 15.2. The summed E-state index contributed by atoms with van der Waals surface area (Å²) in [5.74, 6) is -0.902. The third kappa shape index (κ3) is 2.53. The summed E-state index contributed by atoms with van der Waals surface area (Å²) in [6.45, 7) is 1.23. The van der Waals surface area contributed by atoms with Crippen LogP contribution in [0.4, 0.5) is 0 Å². The molecule has 0 saturated heterocycles. The number of carbonyl (C=O) groups is 1. The van der Waals surface area contributed by atoms with Crippen molar-refractivity contribution in [3.8, 4) is 0 Å². The second-order valence-corrected chi connectivity index (χ2v) is 5.00. The first kappa shape index (κ1) is 13.4. The number of fused-ring (bicyclic) bond motifs is 1. The Balaban J connectivity index is 1.93. The van der Waals surface area contributed by atoms with E-state index in [1.54, 1.807) is 12.1 Å². The molecule has 1 heterocycles. The molecule has 4 nitrogen and oxygen atoms in total. The Kier molecular flexibility index (Phi) is 3.46. The lowest BCUT2D eigenvalue weighted by molar-refractivity contribution is 0.0697. The molecule has 0 amide bonds. The molecule has 0 atom stereocenters. The van der Waals surface area contributed by atoms with Gasteiger partial charge in [-0.1, -0.05) is 24.3 Å². The number of hydrogen-bond acceptors (Lipinski definition) is 2. The molecule has 0 unspecified atom stereocenters. The van der Waals surface area contributed by atoms with Crippen molar-refractivity contribution < 1.29 is 9.90 Å². The molecule has 3 N–H and O–H groups in total. The summed E-state index contributed by atoms with van der Waals surface area (Å²) < 4.78 is 2.14. The van der Waals surface area contributed by atoms with Crippen LogP contribution < -0.4 is 5.73 Å². The zero-order valence-corrected chi connectivity index (χ0v) is 11.5. The summed E-state index contributed by atoms with van der Waals surface area (Å²) in [6.07, 6.45) is 2.04. The monoisotopic (exact) mass is 280 g/mol. The van der Waals surface area contributed by atoms with Crippen LogP contribution in [-0.4, -0.2) is 15.6 Å². The molecular formula is C17H16N2O2. The van der Waals surface area contributed by atoms with Gasteiger partial charge in [0.2, 0.25) is 0 Å². The van der Waals surface area contributed by atoms with Crippen LogP contribution in [0.25, 0.3) is 10.9 Å². The van der Waals surface area contributed by atoms with E-state index in [1.165, 1.54) is 5.39 Å². The highest BCUT2D eigenvalue weighted by Gasteiger charge is 2.06. The van der Waals surface area contributed by atoms with E-state index in [-0.39, 0.29) is 0 Å². The van der Waals surface area contributed by atoms with E-state index < -0.39 is 5.97 Å². The molecule has 0 aliphatic heterocycles. The van der Waals surface area contributed by atoms with Gasteiger partial charge in [-0.2, -0.15) is 0 Å². The lowest BCUT2D eigenvalue weighted by atomic mass is 10.1. The fraction of sp³-hybridized carbons (Fsp3) is 0.118. The second-order valence-electron chi connectivity index (χ2n) is 5.00. The Hall–Kier alpha value is -2.59. The van der Waals surface area contributed by atoms with Gasteiger partial charge in [0.1, 0.15) is 0 Å². The minimum atomic E-state index is -0.902. The van der Waals surface area contributed by atoms with Gasteiger partial charge in [-0.15, -0.1) is 0 Å². The predicted octanol–water partition coefficient (Wildman–Crippen LogP) is 2.85. The molecule has 0 radical (unpaired) electrons. The van der Waals surface area contributed by atoms with E-state index in [0.29, 0.717) is 18.7 Å². The van der Waals surface area contributed by atoms with Crippen molar-refractivity contribution in [3.63, 3.8) is 0 Å². The number of aromatic nitrogens is 1. The van der Waals surface area contributed by atoms with Crippen LogP contribution in [0.5, 0.6) is 0 Å². The SMILES string of the molecule is NCc1cccc2c1ccn2Cc1ccc(C(=O)O)cc1. The zero-order valence-electron chi connectivity index (χ0n) is 11.5. The van der Waals surface area contributed by atoms with Crippen LogP contribution >= 0.6 is 0 Å². The van der Waals surface area contributed by atoms with Crippen molar-refractivity contribution in [1.29, 1.82) is 0 Å². The second kappa shape index (κ2) is 5.42. The Morgan fingerprint density at radius 3 is 2.52 bits per heavy atom. The number of nitrogens with two attached hydrogens (primary N) is 1. The molecule has 3 rings (SSSR count). The molecule has 4 heteroatoms. The summed E-state index contributed by atoms with van der Waals surface area (Å²) in [7, 11) is 0. The summed E-state index contributed by atoms with van der Waals surface area (Å²) in [5.41, 5.74) is 9.40. The summed E-state index contributed by atoms with van der Waals surface area (Å²) in [4.78, 5) is 10.9. The highest BCUT2D eigenvalue weighted by atomic mass is 16.4. The third-order valence-electron chi connectivity index (χ3n) is 3.68. The maximum absolute atomic E-state index is 10.9. The normalized spacial score (nSPS) is 10.9. The zero-order chi connectivity index (χ0) is 14.8. The van der Waals surface area contributed by atoms with Gasteiger partial charge in [-0.05, 0) is 35.4 Å². The molecule has 2 aromatic carbocycles. The van der Waals surface area contributed by atoms with E-state index in [0.717, 1.165) is 16.6 Å². The fourth-order valence-corrected chi connectivity index (χ4v) is 2.55. The minimum absolute atomic E-state index is 0.307. The highest BCUT2D eigenvalue weighted by molar-refractivity contribution is 5.87. The Morgan fingerprint density at radius 2 is 1.86 bits per heavy atom. The standard InChI is InChI=1S/C17H16N2O2/c18-10-14-2-1-3-16-15(14)8-9-19(16)11-12-4-6-13(7-5-12)17(20)21/h1-9H,10-11,18H2,(H,20,21). The number of aromatic carboxylic acids is 1. The summed E-state index contributed by atoms with van der Waals surface area (Å²) in [5, 5.41) is 10.1. The quantitative estimate of drug-likeness (QED) is 0.772. The van der Waals surface area contributed by atoms with Crippen LogP contribution in [0, 0.1) is 0 Å². The number of hydrogen-bond donors (Lipinski definition) is 2. The average Bonchev–Trinajstić information content (AvgIpc) is 2.91. The van der Waals surface area contributed by atoms with Crippen LogP contribution in [0.15, 0.2) is 54.7 Å². The van der Waals surface area contributed by atoms with Crippen LogP contribution in [0.3, 0.4) is 0 Å². The molecule has 1 aromatic heterocycles. The van der Waals surface area contributed by atoms with E-state index in [4.69, 9.17) is 10.8 Å². The van der Waals surface area contributed by atoms with Gasteiger partial charge >= 0.3 is 5.97 Å². The largest absolute Gasteiger partial charge is 0.478 e. The number of nitrogens with zero attached hydrogens (tertiary/aromatic N) is 1. The molecule has 0 aliphatic carbocycles. The molecular weight excluding hydrogens is 264 g/mol. The van der Waals surface area contributed by atoms with Gasteiger partial charge in [0, 0.05) is 30.2 Å². The highest BCUT2D eigenvalue weighted by Crippen LogP contribution is 2.21. The molecule has 3 aromatic rings. The first-order valence-electron chi connectivity index (χ1n) is 6.78. The van der Waals surface area contributed by atoms with Crippen LogP contribution in [0.2, 0.25) is 0 Å². The lowest BCUT2D eigenvalue weighted by Gasteiger charge is -2.07. The maximum Gasteiger partial charge on any atom is 0.335 e. The number of benzene rings is 2. The first-order chi connectivity index (χ1) is 10.2. The number of carboxylic acids is 1. The predicted molar refractivity (Wildman–Crippen MR) is 82.3 cm³/mol. The average molecular weight is 280 g/mol. The summed E-state index contributed by atoms with van der Waals surface area (Å²) >= 11 is 0.